The Morgan fingerprint density at radius 3 is 2.95 bits per heavy atom. The third-order valence-electron chi connectivity index (χ3n) is 2.56. The van der Waals surface area contributed by atoms with Crippen LogP contribution in [0.2, 0.25) is 0 Å². The number of amides is 1. The summed E-state index contributed by atoms with van der Waals surface area (Å²) in [5.74, 6) is -0.582. The Morgan fingerprint density at radius 1 is 1.52 bits per heavy atom. The first-order chi connectivity index (χ1) is 10.0. The van der Waals surface area contributed by atoms with Crippen LogP contribution in [0, 0.1) is 5.82 Å². The molecule has 4 N–H and O–H groups in total. The van der Waals surface area contributed by atoms with Gasteiger partial charge in [0.1, 0.15) is 16.5 Å². The number of thiazole rings is 1. The van der Waals surface area contributed by atoms with Crippen molar-refractivity contribution in [3.05, 3.63) is 33.4 Å². The van der Waals surface area contributed by atoms with E-state index in [-0.39, 0.29) is 16.2 Å². The highest BCUT2D eigenvalue weighted by Crippen LogP contribution is 2.27. The highest BCUT2D eigenvalue weighted by Gasteiger charge is 2.16. The molecule has 0 bridgehead atoms. The zero-order valence-corrected chi connectivity index (χ0v) is 13.6. The van der Waals surface area contributed by atoms with Gasteiger partial charge in [0.05, 0.1) is 4.47 Å². The Balaban J connectivity index is 2.12. The van der Waals surface area contributed by atoms with E-state index < -0.39 is 5.82 Å². The van der Waals surface area contributed by atoms with E-state index in [0.717, 1.165) is 13.0 Å². The van der Waals surface area contributed by atoms with E-state index in [0.29, 0.717) is 15.7 Å². The van der Waals surface area contributed by atoms with E-state index in [1.165, 1.54) is 29.5 Å². The third kappa shape index (κ3) is 3.92. The van der Waals surface area contributed by atoms with Crippen molar-refractivity contribution in [2.75, 3.05) is 22.9 Å². The minimum atomic E-state index is -0.392. The SMILES string of the molecule is CCCNc1nc(N)c(C(=O)Nc2ccc(F)c(Br)c2)s1. The zero-order chi connectivity index (χ0) is 15.4. The Kier molecular flexibility index (Phi) is 5.13. The van der Waals surface area contributed by atoms with Crippen LogP contribution in [0.25, 0.3) is 0 Å². The first kappa shape index (κ1) is 15.7. The lowest BCUT2D eigenvalue weighted by molar-refractivity contribution is 0.103. The number of anilines is 3. The third-order valence-corrected chi connectivity index (χ3v) is 4.20. The van der Waals surface area contributed by atoms with Crippen LogP contribution in [0.1, 0.15) is 23.0 Å². The van der Waals surface area contributed by atoms with Crippen LogP contribution in [0.5, 0.6) is 0 Å². The maximum absolute atomic E-state index is 13.1. The molecule has 8 heteroatoms. The number of benzene rings is 1. The minimum Gasteiger partial charge on any atom is -0.382 e. The standard InChI is InChI=1S/C13H14BrFN4OS/c1-2-5-17-13-19-11(16)10(21-13)12(20)18-7-3-4-9(15)8(14)6-7/h3-4,6H,2,5,16H2,1H3,(H,17,19)(H,18,20). The smallest absolute Gasteiger partial charge is 0.269 e. The lowest BCUT2D eigenvalue weighted by Gasteiger charge is -2.04. The number of rotatable bonds is 5. The Hall–Kier alpha value is -1.67. The molecule has 0 aliphatic heterocycles. The Bertz CT molecular complexity index is 662. The Morgan fingerprint density at radius 2 is 2.29 bits per heavy atom. The first-order valence-electron chi connectivity index (χ1n) is 6.27. The molecule has 2 aromatic rings. The molecule has 0 saturated carbocycles. The van der Waals surface area contributed by atoms with E-state index in [4.69, 9.17) is 5.73 Å². The number of hydrogen-bond donors (Lipinski definition) is 3. The fraction of sp³-hybridized carbons (Fsp3) is 0.231. The molecular weight excluding hydrogens is 359 g/mol. The van der Waals surface area contributed by atoms with Crippen LogP contribution in [-0.4, -0.2) is 17.4 Å². The van der Waals surface area contributed by atoms with Gasteiger partial charge < -0.3 is 16.4 Å². The molecule has 1 heterocycles. The topological polar surface area (TPSA) is 80.0 Å². The van der Waals surface area contributed by atoms with Gasteiger partial charge in [-0.1, -0.05) is 18.3 Å². The molecule has 2 rings (SSSR count). The number of nitrogens with two attached hydrogens (primary N) is 1. The van der Waals surface area contributed by atoms with Gasteiger partial charge in [-0.25, -0.2) is 9.37 Å². The number of hydrogen-bond acceptors (Lipinski definition) is 5. The van der Waals surface area contributed by atoms with E-state index in [9.17, 15) is 9.18 Å². The predicted octanol–water partition coefficient (Wildman–Crippen LogP) is 3.70. The summed E-state index contributed by atoms with van der Waals surface area (Å²) < 4.78 is 13.4. The summed E-state index contributed by atoms with van der Waals surface area (Å²) >= 11 is 4.26. The summed E-state index contributed by atoms with van der Waals surface area (Å²) in [5.41, 5.74) is 6.23. The number of carbonyl (C=O) groups excluding carboxylic acids is 1. The fourth-order valence-electron chi connectivity index (χ4n) is 1.56. The maximum Gasteiger partial charge on any atom is 0.269 e. The average Bonchev–Trinajstić information content (AvgIpc) is 2.82. The molecule has 1 amide bonds. The molecule has 1 aromatic heterocycles. The van der Waals surface area contributed by atoms with Gasteiger partial charge in [-0.15, -0.1) is 0 Å². The van der Waals surface area contributed by atoms with Gasteiger partial charge in [0, 0.05) is 12.2 Å². The number of nitrogens with zero attached hydrogens (tertiary/aromatic N) is 1. The van der Waals surface area contributed by atoms with Crippen molar-refractivity contribution in [3.63, 3.8) is 0 Å². The van der Waals surface area contributed by atoms with Crippen molar-refractivity contribution >= 4 is 49.8 Å². The van der Waals surface area contributed by atoms with Crippen molar-refractivity contribution in [1.29, 1.82) is 0 Å². The van der Waals surface area contributed by atoms with Gasteiger partial charge in [-0.05, 0) is 40.5 Å². The summed E-state index contributed by atoms with van der Waals surface area (Å²) in [7, 11) is 0. The second-order valence-electron chi connectivity index (χ2n) is 4.24. The Labute approximate surface area is 133 Å². The second-order valence-corrected chi connectivity index (χ2v) is 6.10. The van der Waals surface area contributed by atoms with Crippen molar-refractivity contribution in [2.24, 2.45) is 0 Å². The number of carbonyl (C=O) groups is 1. The van der Waals surface area contributed by atoms with E-state index >= 15 is 0 Å². The molecule has 1 aromatic carbocycles. The molecule has 112 valence electrons. The number of nitrogen functional groups attached to an aromatic ring is 1. The largest absolute Gasteiger partial charge is 0.382 e. The molecule has 5 nitrogen and oxygen atoms in total. The summed E-state index contributed by atoms with van der Waals surface area (Å²) in [6.45, 7) is 2.79. The number of aromatic nitrogens is 1. The quantitative estimate of drug-likeness (QED) is 0.747. The van der Waals surface area contributed by atoms with Crippen LogP contribution >= 0.6 is 27.3 Å². The lowest BCUT2D eigenvalue weighted by atomic mass is 10.3. The fourth-order valence-corrected chi connectivity index (χ4v) is 2.75. The van der Waals surface area contributed by atoms with Gasteiger partial charge >= 0.3 is 0 Å². The monoisotopic (exact) mass is 372 g/mol. The van der Waals surface area contributed by atoms with Gasteiger partial charge in [0.25, 0.3) is 5.91 Å². The van der Waals surface area contributed by atoms with E-state index in [1.807, 2.05) is 6.92 Å². The van der Waals surface area contributed by atoms with Crippen molar-refractivity contribution < 1.29 is 9.18 Å². The average molecular weight is 373 g/mol. The molecule has 0 saturated heterocycles. The summed E-state index contributed by atoms with van der Waals surface area (Å²) in [4.78, 5) is 16.6. The molecule has 0 aliphatic carbocycles. The molecule has 0 fully saturated rings. The highest BCUT2D eigenvalue weighted by molar-refractivity contribution is 9.10. The zero-order valence-electron chi connectivity index (χ0n) is 11.2. The van der Waals surface area contributed by atoms with Crippen molar-refractivity contribution in [2.45, 2.75) is 13.3 Å². The molecule has 0 unspecified atom stereocenters. The molecule has 0 radical (unpaired) electrons. The molecule has 0 spiro atoms. The van der Waals surface area contributed by atoms with Crippen LogP contribution in [-0.2, 0) is 0 Å². The van der Waals surface area contributed by atoms with Gasteiger partial charge in [0.2, 0.25) is 0 Å². The maximum atomic E-state index is 13.1. The van der Waals surface area contributed by atoms with Gasteiger partial charge in [-0.3, -0.25) is 4.79 Å². The van der Waals surface area contributed by atoms with E-state index in [2.05, 4.69) is 31.5 Å². The first-order valence-corrected chi connectivity index (χ1v) is 7.88. The van der Waals surface area contributed by atoms with Crippen molar-refractivity contribution in [1.82, 2.24) is 4.98 Å². The lowest BCUT2D eigenvalue weighted by Crippen LogP contribution is -2.12. The molecule has 21 heavy (non-hydrogen) atoms. The number of halogens is 2. The van der Waals surface area contributed by atoms with Crippen molar-refractivity contribution in [3.8, 4) is 0 Å². The predicted molar refractivity (Wildman–Crippen MR) is 87.4 cm³/mol. The van der Waals surface area contributed by atoms with Crippen LogP contribution in [0.3, 0.4) is 0 Å². The minimum absolute atomic E-state index is 0.178. The summed E-state index contributed by atoms with van der Waals surface area (Å²) in [6.07, 6.45) is 0.949. The highest BCUT2D eigenvalue weighted by atomic mass is 79.9. The number of nitrogens with one attached hydrogen (secondary N) is 2. The summed E-state index contributed by atoms with van der Waals surface area (Å²) in [6, 6.07) is 4.23. The van der Waals surface area contributed by atoms with Gasteiger partial charge in [-0.2, -0.15) is 0 Å². The normalized spacial score (nSPS) is 10.4. The second kappa shape index (κ2) is 6.86. The summed E-state index contributed by atoms with van der Waals surface area (Å²) in [5, 5.41) is 6.36. The molecule has 0 aliphatic rings. The van der Waals surface area contributed by atoms with Crippen LogP contribution in [0.4, 0.5) is 21.0 Å². The van der Waals surface area contributed by atoms with Gasteiger partial charge in [0.15, 0.2) is 5.13 Å². The van der Waals surface area contributed by atoms with E-state index in [1.54, 1.807) is 0 Å². The van der Waals surface area contributed by atoms with Crippen LogP contribution in [0.15, 0.2) is 22.7 Å². The molecular formula is C13H14BrFN4OS. The molecule has 0 atom stereocenters. The van der Waals surface area contributed by atoms with Crippen LogP contribution < -0.4 is 16.4 Å².